The molecule has 0 radical (unpaired) electrons. The third-order valence-electron chi connectivity index (χ3n) is 5.29. The van der Waals surface area contributed by atoms with E-state index in [1.165, 1.54) is 7.11 Å². The van der Waals surface area contributed by atoms with Gasteiger partial charge in [-0.15, -0.1) is 0 Å². The van der Waals surface area contributed by atoms with E-state index in [4.69, 9.17) is 10.3 Å². The first-order valence-electron chi connectivity index (χ1n) is 7.71. The Balaban J connectivity index is 1.98. The van der Waals surface area contributed by atoms with Crippen LogP contribution in [-0.4, -0.2) is 37.1 Å². The fourth-order valence-electron chi connectivity index (χ4n) is 4.15. The van der Waals surface area contributed by atoms with Gasteiger partial charge in [0.1, 0.15) is 0 Å². The molecule has 1 aromatic rings. The summed E-state index contributed by atoms with van der Waals surface area (Å²) in [6.45, 7) is 0. The lowest BCUT2D eigenvalue weighted by Crippen LogP contribution is -2.49. The van der Waals surface area contributed by atoms with Gasteiger partial charge >= 0.3 is 5.97 Å². The summed E-state index contributed by atoms with van der Waals surface area (Å²) in [5.74, 6) is -0.101. The molecule has 23 heavy (non-hydrogen) atoms. The molecule has 4 atom stereocenters. The van der Waals surface area contributed by atoms with Crippen LogP contribution in [0.4, 0.5) is 5.69 Å². The van der Waals surface area contributed by atoms with E-state index in [-0.39, 0.29) is 23.8 Å². The van der Waals surface area contributed by atoms with E-state index in [9.17, 15) is 4.79 Å². The molecule has 2 heterocycles. The van der Waals surface area contributed by atoms with Gasteiger partial charge in [0.15, 0.2) is 0 Å². The highest BCUT2D eigenvalue weighted by molar-refractivity contribution is 14.1. The number of hydrogen-bond acceptors (Lipinski definition) is 4. The molecule has 1 aromatic carbocycles. The van der Waals surface area contributed by atoms with Crippen LogP contribution < -0.4 is 0 Å². The third kappa shape index (κ3) is 2.93. The average Bonchev–Trinajstić information content (AvgIpc) is 2.79. The third-order valence-corrected chi connectivity index (χ3v) is 6.16. The van der Waals surface area contributed by atoms with Gasteiger partial charge in [-0.25, -0.2) is 0 Å². The number of rotatable bonds is 3. The van der Waals surface area contributed by atoms with Crippen LogP contribution in [0, 0.1) is 9.49 Å². The number of benzene rings is 1. The molecule has 2 aliphatic heterocycles. The second-order valence-electron chi connectivity index (χ2n) is 6.26. The molecular weight excluding hydrogens is 407 g/mol. The zero-order chi connectivity index (χ0) is 16.6. The Morgan fingerprint density at radius 3 is 2.91 bits per heavy atom. The van der Waals surface area contributed by atoms with Crippen molar-refractivity contribution in [3.05, 3.63) is 37.8 Å². The maximum absolute atomic E-state index is 12.4. The molecule has 3 rings (SSSR count). The Morgan fingerprint density at radius 1 is 1.48 bits per heavy atom. The number of fused-ring (bicyclic) bond motifs is 2. The SMILES string of the molecule is COC(=O)[C@H]1[C@@H](c2ccc(N=[N+]=[N-])c(I)c2)C[C@@H]2CC[C@H]1N2C. The minimum Gasteiger partial charge on any atom is -0.469 e. The summed E-state index contributed by atoms with van der Waals surface area (Å²) in [4.78, 5) is 17.6. The van der Waals surface area contributed by atoms with Gasteiger partial charge in [0.05, 0.1) is 18.7 Å². The van der Waals surface area contributed by atoms with Gasteiger partial charge in [-0.1, -0.05) is 17.2 Å². The summed E-state index contributed by atoms with van der Waals surface area (Å²) in [7, 11) is 3.58. The average molecular weight is 426 g/mol. The van der Waals surface area contributed by atoms with Gasteiger partial charge in [0, 0.05) is 26.5 Å². The lowest BCUT2D eigenvalue weighted by molar-refractivity contribution is -0.150. The highest BCUT2D eigenvalue weighted by atomic mass is 127. The number of ether oxygens (including phenoxy) is 1. The zero-order valence-electron chi connectivity index (χ0n) is 13.1. The van der Waals surface area contributed by atoms with E-state index in [0.717, 1.165) is 28.4 Å². The first-order valence-corrected chi connectivity index (χ1v) is 8.79. The highest BCUT2D eigenvalue weighted by Crippen LogP contribution is 2.47. The standard InChI is InChI=1S/C16H19IN4O2/c1-21-10-4-6-14(21)15(16(22)23-2)11(8-10)9-3-5-13(19-20-18)12(17)7-9/h3,5,7,10-11,14-15H,4,6,8H2,1-2H3/t10-,11+,14+,15-/m0/s1. The molecular formula is C16H19IN4O2. The first kappa shape index (κ1) is 16.5. The van der Waals surface area contributed by atoms with Crippen LogP contribution in [0.3, 0.4) is 0 Å². The smallest absolute Gasteiger partial charge is 0.310 e. The largest absolute Gasteiger partial charge is 0.469 e. The Morgan fingerprint density at radius 2 is 2.26 bits per heavy atom. The van der Waals surface area contributed by atoms with Gasteiger partial charge in [0.25, 0.3) is 0 Å². The lowest BCUT2D eigenvalue weighted by Gasteiger charge is -2.41. The van der Waals surface area contributed by atoms with Crippen LogP contribution in [0.1, 0.15) is 30.7 Å². The number of nitrogens with zero attached hydrogens (tertiary/aromatic N) is 4. The fraction of sp³-hybridized carbons (Fsp3) is 0.562. The molecule has 2 aliphatic rings. The lowest BCUT2D eigenvalue weighted by atomic mass is 9.76. The normalized spacial score (nSPS) is 29.9. The summed E-state index contributed by atoms with van der Waals surface area (Å²) in [5, 5.41) is 3.69. The van der Waals surface area contributed by atoms with Crippen molar-refractivity contribution >= 4 is 34.2 Å². The number of methoxy groups -OCH3 is 1. The fourth-order valence-corrected chi connectivity index (χ4v) is 4.80. The van der Waals surface area contributed by atoms with Gasteiger partial charge in [-0.05, 0) is 66.1 Å². The van der Waals surface area contributed by atoms with Crippen molar-refractivity contribution in [2.24, 2.45) is 11.0 Å². The van der Waals surface area contributed by atoms with Crippen LogP contribution >= 0.6 is 22.6 Å². The number of esters is 1. The molecule has 0 amide bonds. The number of carbonyl (C=O) groups is 1. The molecule has 2 bridgehead atoms. The minimum absolute atomic E-state index is 0.124. The van der Waals surface area contributed by atoms with Gasteiger partial charge < -0.3 is 4.74 Å². The number of hydrogen-bond donors (Lipinski definition) is 0. The molecule has 0 unspecified atom stereocenters. The molecule has 0 saturated carbocycles. The minimum atomic E-state index is -0.134. The van der Waals surface area contributed by atoms with Gasteiger partial charge in [-0.3, -0.25) is 9.69 Å². The molecule has 0 aromatic heterocycles. The van der Waals surface area contributed by atoms with E-state index in [2.05, 4.69) is 44.6 Å². The Bertz CT molecular complexity index is 674. The van der Waals surface area contributed by atoms with Crippen molar-refractivity contribution in [1.82, 2.24) is 4.90 Å². The summed E-state index contributed by atoms with van der Waals surface area (Å²) in [6, 6.07) is 6.64. The molecule has 0 N–H and O–H groups in total. The summed E-state index contributed by atoms with van der Waals surface area (Å²) < 4.78 is 6.01. The number of carbonyl (C=O) groups excluding carboxylic acids is 1. The van der Waals surface area contributed by atoms with E-state index < -0.39 is 0 Å². The first-order chi connectivity index (χ1) is 11.1. The zero-order valence-corrected chi connectivity index (χ0v) is 15.3. The van der Waals surface area contributed by atoms with Crippen LogP contribution in [-0.2, 0) is 9.53 Å². The number of azide groups is 1. The predicted octanol–water partition coefficient (Wildman–Crippen LogP) is 3.97. The van der Waals surface area contributed by atoms with Crippen molar-refractivity contribution in [3.8, 4) is 0 Å². The van der Waals surface area contributed by atoms with Gasteiger partial charge in [-0.2, -0.15) is 0 Å². The monoisotopic (exact) mass is 426 g/mol. The Hall–Kier alpha value is -1.31. The summed E-state index contributed by atoms with van der Waals surface area (Å²) in [5.41, 5.74) is 10.4. The van der Waals surface area contributed by atoms with Crippen LogP contribution in [0.2, 0.25) is 0 Å². The number of piperidine rings is 1. The highest BCUT2D eigenvalue weighted by Gasteiger charge is 2.49. The topological polar surface area (TPSA) is 78.3 Å². The molecule has 7 heteroatoms. The number of halogens is 1. The van der Waals surface area contributed by atoms with Crippen molar-refractivity contribution in [3.63, 3.8) is 0 Å². The second kappa shape index (κ2) is 6.67. The summed E-state index contributed by atoms with van der Waals surface area (Å²) >= 11 is 2.18. The Labute approximate surface area is 148 Å². The maximum Gasteiger partial charge on any atom is 0.310 e. The van der Waals surface area contributed by atoms with E-state index in [1.54, 1.807) is 0 Å². The Kier molecular flexibility index (Phi) is 4.79. The van der Waals surface area contributed by atoms with E-state index >= 15 is 0 Å². The molecule has 0 spiro atoms. The van der Waals surface area contributed by atoms with Crippen molar-refractivity contribution in [1.29, 1.82) is 0 Å². The van der Waals surface area contributed by atoms with E-state index in [0.29, 0.717) is 11.7 Å². The molecule has 2 fully saturated rings. The molecule has 0 aliphatic carbocycles. The maximum atomic E-state index is 12.4. The summed E-state index contributed by atoms with van der Waals surface area (Å²) in [6.07, 6.45) is 3.15. The van der Waals surface area contributed by atoms with Crippen molar-refractivity contribution in [2.75, 3.05) is 14.2 Å². The van der Waals surface area contributed by atoms with E-state index in [1.807, 2.05) is 18.2 Å². The quantitative estimate of drug-likeness (QED) is 0.241. The molecule has 122 valence electrons. The molecule has 2 saturated heterocycles. The van der Waals surface area contributed by atoms with Crippen molar-refractivity contribution < 1.29 is 9.53 Å². The predicted molar refractivity (Wildman–Crippen MR) is 95.4 cm³/mol. The van der Waals surface area contributed by atoms with Crippen LogP contribution in [0.5, 0.6) is 0 Å². The van der Waals surface area contributed by atoms with Gasteiger partial charge in [0.2, 0.25) is 0 Å². The van der Waals surface area contributed by atoms with Crippen LogP contribution in [0.15, 0.2) is 23.3 Å². The second-order valence-corrected chi connectivity index (χ2v) is 7.42. The molecule has 6 nitrogen and oxygen atoms in total. The van der Waals surface area contributed by atoms with Crippen molar-refractivity contribution in [2.45, 2.75) is 37.3 Å². The van der Waals surface area contributed by atoms with Crippen LogP contribution in [0.25, 0.3) is 10.4 Å².